The van der Waals surface area contributed by atoms with Crippen molar-refractivity contribution < 1.29 is 9.47 Å². The van der Waals surface area contributed by atoms with E-state index in [-0.39, 0.29) is 11.7 Å². The summed E-state index contributed by atoms with van der Waals surface area (Å²) < 4.78 is 11.6. The Morgan fingerprint density at radius 1 is 0.655 bits per heavy atom. The molecule has 0 aromatic heterocycles. The molecule has 8 N–H and O–H groups in total. The average molecular weight is 389 g/mol. The Bertz CT molecular complexity index is 935. The van der Waals surface area contributed by atoms with Gasteiger partial charge in [0.05, 0.1) is 0 Å². The van der Waals surface area contributed by atoms with Crippen molar-refractivity contribution in [3.8, 4) is 11.5 Å². The van der Waals surface area contributed by atoms with E-state index in [9.17, 15) is 0 Å². The third-order valence-corrected chi connectivity index (χ3v) is 4.22. The third kappa shape index (κ3) is 5.49. The molecule has 3 aromatic rings. The van der Waals surface area contributed by atoms with Gasteiger partial charge in [-0.1, -0.05) is 0 Å². The van der Waals surface area contributed by atoms with Crippen molar-refractivity contribution >= 4 is 17.4 Å². The number of nitrogens with one attached hydrogen (secondary N) is 2. The highest BCUT2D eigenvalue weighted by Crippen LogP contribution is 2.19. The number of anilines is 1. The van der Waals surface area contributed by atoms with Crippen LogP contribution in [0.15, 0.2) is 66.7 Å². The Balaban J connectivity index is 1.61. The maximum atomic E-state index is 7.42. The van der Waals surface area contributed by atoms with E-state index >= 15 is 0 Å². The molecule has 0 atom stereocenters. The highest BCUT2D eigenvalue weighted by Gasteiger charge is 2.04. The van der Waals surface area contributed by atoms with Gasteiger partial charge in [-0.25, -0.2) is 0 Å². The van der Waals surface area contributed by atoms with Crippen LogP contribution in [-0.2, 0) is 13.2 Å². The Hall–Kier alpha value is -4.00. The molecule has 3 rings (SSSR count). The zero-order valence-electron chi connectivity index (χ0n) is 15.8. The SMILES string of the molecule is N=C(N)c1ccc(OCc2cc(N)cc(COc3ccc(C(=N)N)cc3)c2)cc1. The quantitative estimate of drug-likeness (QED) is 0.228. The van der Waals surface area contributed by atoms with Gasteiger partial charge < -0.3 is 26.7 Å². The lowest BCUT2D eigenvalue weighted by Gasteiger charge is -2.11. The number of rotatable bonds is 8. The first-order chi connectivity index (χ1) is 13.9. The lowest BCUT2D eigenvalue weighted by molar-refractivity contribution is 0.300. The van der Waals surface area contributed by atoms with Gasteiger partial charge in [0.25, 0.3) is 0 Å². The molecule has 148 valence electrons. The fraction of sp³-hybridized carbons (Fsp3) is 0.0909. The van der Waals surface area contributed by atoms with E-state index in [1.165, 1.54) is 0 Å². The minimum absolute atomic E-state index is 0.0213. The minimum atomic E-state index is 0.0213. The van der Waals surface area contributed by atoms with Gasteiger partial charge in [-0.15, -0.1) is 0 Å². The summed E-state index contributed by atoms with van der Waals surface area (Å²) in [6.45, 7) is 0.704. The third-order valence-electron chi connectivity index (χ3n) is 4.22. The Morgan fingerprint density at radius 3 is 1.38 bits per heavy atom. The molecule has 0 radical (unpaired) electrons. The van der Waals surface area contributed by atoms with Gasteiger partial charge in [0.2, 0.25) is 0 Å². The molecule has 29 heavy (non-hydrogen) atoms. The zero-order chi connectivity index (χ0) is 20.8. The lowest BCUT2D eigenvalue weighted by Crippen LogP contribution is -2.10. The van der Waals surface area contributed by atoms with Crippen LogP contribution in [0.5, 0.6) is 11.5 Å². The minimum Gasteiger partial charge on any atom is -0.489 e. The van der Waals surface area contributed by atoms with Crippen LogP contribution in [0.1, 0.15) is 22.3 Å². The summed E-state index contributed by atoms with van der Waals surface area (Å²) >= 11 is 0. The number of nitrogens with two attached hydrogens (primary N) is 3. The molecular formula is C22H23N5O2. The van der Waals surface area contributed by atoms with Gasteiger partial charge in [-0.2, -0.15) is 0 Å². The maximum Gasteiger partial charge on any atom is 0.122 e. The predicted molar refractivity (Wildman–Crippen MR) is 114 cm³/mol. The van der Waals surface area contributed by atoms with Gasteiger partial charge in [-0.3, -0.25) is 10.8 Å². The number of hydrogen-bond donors (Lipinski definition) is 5. The Labute approximate surface area is 169 Å². The largest absolute Gasteiger partial charge is 0.489 e. The van der Waals surface area contributed by atoms with Crippen molar-refractivity contribution in [3.63, 3.8) is 0 Å². The molecule has 0 fully saturated rings. The standard InChI is InChI=1S/C22H23N5O2/c23-18-10-14(12-28-19-5-1-16(2-6-19)21(24)25)9-15(11-18)13-29-20-7-3-17(4-8-20)22(26)27/h1-11H,12-13,23H2,(H3,24,25)(H3,26,27). The summed E-state index contributed by atoms with van der Waals surface area (Å²) in [5, 5.41) is 14.8. The maximum absolute atomic E-state index is 7.42. The van der Waals surface area contributed by atoms with E-state index in [2.05, 4.69) is 0 Å². The molecule has 0 aliphatic carbocycles. The summed E-state index contributed by atoms with van der Waals surface area (Å²) in [7, 11) is 0. The molecule has 0 heterocycles. The molecule has 0 bridgehead atoms. The molecule has 3 aromatic carbocycles. The van der Waals surface area contributed by atoms with E-state index in [1.807, 2.05) is 18.2 Å². The normalized spacial score (nSPS) is 10.3. The molecule has 7 heteroatoms. The Morgan fingerprint density at radius 2 is 1.03 bits per heavy atom. The smallest absolute Gasteiger partial charge is 0.122 e. The lowest BCUT2D eigenvalue weighted by atomic mass is 10.1. The van der Waals surface area contributed by atoms with Gasteiger partial charge in [0, 0.05) is 16.8 Å². The monoisotopic (exact) mass is 389 g/mol. The highest BCUT2D eigenvalue weighted by molar-refractivity contribution is 5.95. The van der Waals surface area contributed by atoms with Crippen LogP contribution in [0.3, 0.4) is 0 Å². The molecule has 0 saturated heterocycles. The van der Waals surface area contributed by atoms with E-state index in [1.54, 1.807) is 48.5 Å². The van der Waals surface area contributed by atoms with E-state index in [0.29, 0.717) is 41.5 Å². The van der Waals surface area contributed by atoms with Crippen LogP contribution in [0, 0.1) is 10.8 Å². The van der Waals surface area contributed by atoms with E-state index in [4.69, 9.17) is 37.5 Å². The van der Waals surface area contributed by atoms with Crippen LogP contribution in [-0.4, -0.2) is 11.7 Å². The summed E-state index contributed by atoms with van der Waals surface area (Å²) in [5.74, 6) is 1.41. The number of nitrogen functional groups attached to an aromatic ring is 3. The van der Waals surface area contributed by atoms with Crippen LogP contribution >= 0.6 is 0 Å². The van der Waals surface area contributed by atoms with Crippen LogP contribution in [0.4, 0.5) is 5.69 Å². The number of benzene rings is 3. The molecule has 0 aliphatic heterocycles. The van der Waals surface area contributed by atoms with Crippen molar-refractivity contribution in [2.45, 2.75) is 13.2 Å². The fourth-order valence-corrected chi connectivity index (χ4v) is 2.75. The van der Waals surface area contributed by atoms with Crippen LogP contribution in [0.25, 0.3) is 0 Å². The molecule has 0 saturated carbocycles. The first kappa shape index (κ1) is 19.8. The number of hydrogen-bond acceptors (Lipinski definition) is 5. The van der Waals surface area contributed by atoms with Crippen molar-refractivity contribution in [1.29, 1.82) is 10.8 Å². The number of ether oxygens (including phenoxy) is 2. The first-order valence-corrected chi connectivity index (χ1v) is 8.93. The molecule has 0 aliphatic rings. The predicted octanol–water partition coefficient (Wildman–Crippen LogP) is 2.99. The Kier molecular flexibility index (Phi) is 5.99. The second-order valence-corrected chi connectivity index (χ2v) is 6.54. The first-order valence-electron chi connectivity index (χ1n) is 8.93. The topological polar surface area (TPSA) is 144 Å². The van der Waals surface area contributed by atoms with E-state index in [0.717, 1.165) is 11.1 Å². The highest BCUT2D eigenvalue weighted by atomic mass is 16.5. The summed E-state index contributed by atoms with van der Waals surface area (Å²) in [4.78, 5) is 0. The molecular weight excluding hydrogens is 366 g/mol. The van der Waals surface area contributed by atoms with Crippen molar-refractivity contribution in [2.75, 3.05) is 5.73 Å². The fourth-order valence-electron chi connectivity index (χ4n) is 2.75. The van der Waals surface area contributed by atoms with Crippen LogP contribution < -0.4 is 26.7 Å². The molecule has 0 unspecified atom stereocenters. The van der Waals surface area contributed by atoms with Crippen molar-refractivity contribution in [1.82, 2.24) is 0 Å². The second kappa shape index (κ2) is 8.79. The molecule has 0 spiro atoms. The van der Waals surface area contributed by atoms with Gasteiger partial charge >= 0.3 is 0 Å². The summed E-state index contributed by atoms with van der Waals surface area (Å²) in [6.07, 6.45) is 0. The van der Waals surface area contributed by atoms with Gasteiger partial charge in [0.15, 0.2) is 0 Å². The van der Waals surface area contributed by atoms with Gasteiger partial charge in [-0.05, 0) is 77.9 Å². The van der Waals surface area contributed by atoms with E-state index < -0.39 is 0 Å². The zero-order valence-corrected chi connectivity index (χ0v) is 15.8. The molecule has 7 nitrogen and oxygen atoms in total. The van der Waals surface area contributed by atoms with Gasteiger partial charge in [0.1, 0.15) is 36.4 Å². The summed E-state index contributed by atoms with van der Waals surface area (Å²) in [5.41, 5.74) is 20.7. The van der Waals surface area contributed by atoms with Crippen molar-refractivity contribution in [2.24, 2.45) is 11.5 Å². The summed E-state index contributed by atoms with van der Waals surface area (Å²) in [6, 6.07) is 19.8. The van der Waals surface area contributed by atoms with Crippen LogP contribution in [0.2, 0.25) is 0 Å². The number of amidine groups is 2. The second-order valence-electron chi connectivity index (χ2n) is 6.54. The van der Waals surface area contributed by atoms with Crippen molar-refractivity contribution in [3.05, 3.63) is 89.0 Å². The average Bonchev–Trinajstić information content (AvgIpc) is 2.71. The molecule has 0 amide bonds.